The monoisotopic (exact) mass is 444 g/mol. The second-order valence-electron chi connectivity index (χ2n) is 7.64. The summed E-state index contributed by atoms with van der Waals surface area (Å²) in [6, 6.07) is 13.3. The van der Waals surface area contributed by atoms with E-state index in [1.165, 1.54) is 11.3 Å². The molecule has 8 nitrogen and oxygen atoms in total. The number of benzene rings is 1. The van der Waals surface area contributed by atoms with Gasteiger partial charge in [0.2, 0.25) is 0 Å². The lowest BCUT2D eigenvalue weighted by Crippen LogP contribution is -2.28. The Hall–Kier alpha value is -3.85. The largest absolute Gasteiger partial charge is 0.334 e. The quantitative estimate of drug-likeness (QED) is 0.458. The number of aromatic nitrogens is 5. The number of aryl methyl sites for hydroxylation is 2. The fourth-order valence-corrected chi connectivity index (χ4v) is 4.59. The van der Waals surface area contributed by atoms with Crippen molar-refractivity contribution in [1.82, 2.24) is 29.6 Å². The van der Waals surface area contributed by atoms with Crippen LogP contribution in [-0.4, -0.2) is 42.6 Å². The van der Waals surface area contributed by atoms with E-state index in [2.05, 4.69) is 15.1 Å². The third kappa shape index (κ3) is 3.36. The molecule has 0 fully saturated rings. The smallest absolute Gasteiger partial charge is 0.268 e. The lowest BCUT2D eigenvalue weighted by molar-refractivity contribution is 0.0783. The van der Waals surface area contributed by atoms with E-state index in [4.69, 9.17) is 4.98 Å². The van der Waals surface area contributed by atoms with Gasteiger partial charge in [-0.05, 0) is 24.4 Å². The van der Waals surface area contributed by atoms with Gasteiger partial charge in [0.25, 0.3) is 11.5 Å². The lowest BCUT2D eigenvalue weighted by atomic mass is 10.0. The Labute approximate surface area is 187 Å². The molecule has 0 aliphatic heterocycles. The number of thiophene rings is 1. The highest BCUT2D eigenvalue weighted by molar-refractivity contribution is 7.17. The van der Waals surface area contributed by atoms with E-state index in [0.29, 0.717) is 32.9 Å². The summed E-state index contributed by atoms with van der Waals surface area (Å²) in [5, 5.41) is 7.03. The number of pyridine rings is 1. The van der Waals surface area contributed by atoms with E-state index >= 15 is 0 Å². The molecule has 0 unspecified atom stereocenters. The molecule has 0 radical (unpaired) electrons. The van der Waals surface area contributed by atoms with Crippen LogP contribution in [0.15, 0.2) is 52.6 Å². The van der Waals surface area contributed by atoms with Crippen LogP contribution in [0.1, 0.15) is 21.9 Å². The van der Waals surface area contributed by atoms with Gasteiger partial charge < -0.3 is 9.88 Å². The SMILES string of the molecule is Cc1nn(C)c2nc(-c3ccccc3)cc(C(=O)N(C)Cc3nc4ccsc4c(=O)[nH]3)c12. The number of nitrogens with zero attached hydrogens (tertiary/aromatic N) is 5. The van der Waals surface area contributed by atoms with Crippen molar-refractivity contribution in [3.8, 4) is 11.3 Å². The highest BCUT2D eigenvalue weighted by atomic mass is 32.1. The van der Waals surface area contributed by atoms with Gasteiger partial charge in [-0.15, -0.1) is 11.3 Å². The van der Waals surface area contributed by atoms with Crippen LogP contribution in [0.25, 0.3) is 32.5 Å². The van der Waals surface area contributed by atoms with Gasteiger partial charge in [0.15, 0.2) is 5.65 Å². The summed E-state index contributed by atoms with van der Waals surface area (Å²) in [6.45, 7) is 2.04. The molecule has 1 aromatic carbocycles. The molecule has 160 valence electrons. The number of rotatable bonds is 4. The Kier molecular flexibility index (Phi) is 4.82. The number of amides is 1. The molecule has 5 aromatic rings. The van der Waals surface area contributed by atoms with Crippen LogP contribution in [0.4, 0.5) is 0 Å². The summed E-state index contributed by atoms with van der Waals surface area (Å²) in [5.41, 5.74) is 3.95. The third-order valence-corrected chi connectivity index (χ3v) is 6.27. The topological polar surface area (TPSA) is 96.8 Å². The van der Waals surface area contributed by atoms with Crippen LogP contribution in [0, 0.1) is 6.92 Å². The maximum Gasteiger partial charge on any atom is 0.268 e. The Balaban J connectivity index is 1.57. The van der Waals surface area contributed by atoms with E-state index in [1.807, 2.05) is 55.7 Å². The molecular formula is C23H20N6O2S. The molecule has 0 aliphatic rings. The summed E-state index contributed by atoms with van der Waals surface area (Å²) in [7, 11) is 3.51. The van der Waals surface area contributed by atoms with E-state index in [-0.39, 0.29) is 18.0 Å². The van der Waals surface area contributed by atoms with Crippen molar-refractivity contribution < 1.29 is 4.79 Å². The van der Waals surface area contributed by atoms with Crippen molar-refractivity contribution in [2.45, 2.75) is 13.5 Å². The summed E-state index contributed by atoms with van der Waals surface area (Å²) >= 11 is 1.35. The molecule has 4 heterocycles. The molecule has 1 N–H and O–H groups in total. The van der Waals surface area contributed by atoms with Crippen LogP contribution in [0.3, 0.4) is 0 Å². The maximum atomic E-state index is 13.5. The predicted octanol–water partition coefficient (Wildman–Crippen LogP) is 3.51. The number of aromatic amines is 1. The molecule has 9 heteroatoms. The van der Waals surface area contributed by atoms with Gasteiger partial charge >= 0.3 is 0 Å². The molecule has 0 atom stereocenters. The van der Waals surface area contributed by atoms with Crippen molar-refractivity contribution >= 4 is 38.5 Å². The number of fused-ring (bicyclic) bond motifs is 2. The third-order valence-electron chi connectivity index (χ3n) is 5.37. The minimum atomic E-state index is -0.196. The fraction of sp³-hybridized carbons (Fsp3) is 0.174. The summed E-state index contributed by atoms with van der Waals surface area (Å²) in [4.78, 5) is 39.4. The first-order valence-electron chi connectivity index (χ1n) is 10.0. The number of hydrogen-bond acceptors (Lipinski definition) is 6. The molecular weight excluding hydrogens is 424 g/mol. The number of carbonyl (C=O) groups excluding carboxylic acids is 1. The highest BCUT2D eigenvalue weighted by Gasteiger charge is 2.22. The number of carbonyl (C=O) groups is 1. The van der Waals surface area contributed by atoms with Crippen LogP contribution in [0.5, 0.6) is 0 Å². The standard InChI is InChI=1S/C23H20N6O2S/c1-13-19-15(11-17(14-7-5-4-6-8-14)25-21(19)29(3)27-13)23(31)28(2)12-18-24-16-9-10-32-20(16)22(30)26-18/h4-11H,12H2,1-3H3,(H,24,26,30). The van der Waals surface area contributed by atoms with Gasteiger partial charge in [0.05, 0.1) is 34.4 Å². The molecule has 4 aromatic heterocycles. The first kappa shape index (κ1) is 20.1. The molecule has 32 heavy (non-hydrogen) atoms. The molecule has 0 bridgehead atoms. The minimum absolute atomic E-state index is 0.170. The Morgan fingerprint density at radius 1 is 1.19 bits per heavy atom. The van der Waals surface area contributed by atoms with E-state index in [9.17, 15) is 9.59 Å². The second kappa shape index (κ2) is 7.69. The molecule has 0 saturated carbocycles. The van der Waals surface area contributed by atoms with Crippen molar-refractivity contribution in [2.75, 3.05) is 7.05 Å². The summed E-state index contributed by atoms with van der Waals surface area (Å²) < 4.78 is 2.27. The molecule has 0 spiro atoms. The van der Waals surface area contributed by atoms with Gasteiger partial charge in [0, 0.05) is 19.7 Å². The van der Waals surface area contributed by atoms with Crippen molar-refractivity contribution in [3.05, 3.63) is 75.3 Å². The van der Waals surface area contributed by atoms with Crippen LogP contribution >= 0.6 is 11.3 Å². The average molecular weight is 445 g/mol. The summed E-state index contributed by atoms with van der Waals surface area (Å²) in [5.74, 6) is 0.243. The molecule has 0 aliphatic carbocycles. The van der Waals surface area contributed by atoms with Crippen molar-refractivity contribution in [1.29, 1.82) is 0 Å². The maximum absolute atomic E-state index is 13.5. The van der Waals surface area contributed by atoms with Gasteiger partial charge in [-0.1, -0.05) is 30.3 Å². The van der Waals surface area contributed by atoms with E-state index < -0.39 is 0 Å². The van der Waals surface area contributed by atoms with Crippen LogP contribution < -0.4 is 5.56 Å². The van der Waals surface area contributed by atoms with Crippen molar-refractivity contribution in [3.63, 3.8) is 0 Å². The number of nitrogens with one attached hydrogen (secondary N) is 1. The Morgan fingerprint density at radius 2 is 1.97 bits per heavy atom. The fourth-order valence-electron chi connectivity index (χ4n) is 3.87. The van der Waals surface area contributed by atoms with Crippen LogP contribution in [0.2, 0.25) is 0 Å². The number of hydrogen-bond donors (Lipinski definition) is 1. The first-order chi connectivity index (χ1) is 15.4. The average Bonchev–Trinajstić information content (AvgIpc) is 3.38. The minimum Gasteiger partial charge on any atom is -0.334 e. The first-order valence-corrected chi connectivity index (χ1v) is 10.9. The van der Waals surface area contributed by atoms with E-state index in [1.54, 1.807) is 22.7 Å². The molecule has 0 saturated heterocycles. The highest BCUT2D eigenvalue weighted by Crippen LogP contribution is 2.27. The Morgan fingerprint density at radius 3 is 2.75 bits per heavy atom. The van der Waals surface area contributed by atoms with Crippen LogP contribution in [-0.2, 0) is 13.6 Å². The van der Waals surface area contributed by atoms with Gasteiger partial charge in [0.1, 0.15) is 10.5 Å². The second-order valence-corrected chi connectivity index (χ2v) is 8.55. The van der Waals surface area contributed by atoms with E-state index in [0.717, 1.165) is 16.6 Å². The van der Waals surface area contributed by atoms with Crippen molar-refractivity contribution in [2.24, 2.45) is 7.05 Å². The zero-order valence-electron chi connectivity index (χ0n) is 17.8. The van der Waals surface area contributed by atoms with Gasteiger partial charge in [-0.25, -0.2) is 9.97 Å². The zero-order chi connectivity index (χ0) is 22.4. The predicted molar refractivity (Wildman–Crippen MR) is 125 cm³/mol. The lowest BCUT2D eigenvalue weighted by Gasteiger charge is -2.18. The molecule has 5 rings (SSSR count). The number of H-pyrrole nitrogens is 1. The normalized spacial score (nSPS) is 11.3. The molecule has 1 amide bonds. The Bertz CT molecular complexity index is 1530. The van der Waals surface area contributed by atoms with Gasteiger partial charge in [-0.2, -0.15) is 5.10 Å². The van der Waals surface area contributed by atoms with Gasteiger partial charge in [-0.3, -0.25) is 14.3 Å². The summed E-state index contributed by atoms with van der Waals surface area (Å²) in [6.07, 6.45) is 0. The zero-order valence-corrected chi connectivity index (χ0v) is 18.6.